The molecule has 0 unspecified atom stereocenters. The van der Waals surface area contributed by atoms with E-state index in [4.69, 9.17) is 20.3 Å². The molecule has 0 bridgehead atoms. The van der Waals surface area contributed by atoms with Gasteiger partial charge in [-0.2, -0.15) is 4.98 Å². The van der Waals surface area contributed by atoms with Crippen LogP contribution >= 0.6 is 0 Å². The third-order valence-electron chi connectivity index (χ3n) is 4.60. The first-order chi connectivity index (χ1) is 16.3. The molecule has 34 heavy (non-hydrogen) atoms. The average Bonchev–Trinajstić information content (AvgIpc) is 2.81. The highest BCUT2D eigenvalue weighted by molar-refractivity contribution is 6.04. The fraction of sp³-hybridized carbons (Fsp3) is 0.455. The van der Waals surface area contributed by atoms with E-state index in [0.717, 1.165) is 6.54 Å². The number of likely N-dealkylation sites (N-methyl/N-ethyl adjacent to an activating group) is 1. The molecule has 0 radical (unpaired) electrons. The minimum Gasteiger partial charge on any atom is -0.394 e. The Hall–Kier alpha value is -3.16. The van der Waals surface area contributed by atoms with Gasteiger partial charge in [0.05, 0.1) is 39.6 Å². The van der Waals surface area contributed by atoms with Crippen molar-refractivity contribution >= 4 is 23.3 Å². The number of aliphatic hydroxyl groups excluding tert-OH is 1. The van der Waals surface area contributed by atoms with Crippen molar-refractivity contribution in [3.63, 3.8) is 0 Å². The number of benzene rings is 1. The van der Waals surface area contributed by atoms with Crippen molar-refractivity contribution < 1.29 is 24.2 Å². The van der Waals surface area contributed by atoms with Crippen molar-refractivity contribution in [3.05, 3.63) is 52.6 Å². The molecule has 2 aromatic rings. The van der Waals surface area contributed by atoms with E-state index in [1.807, 2.05) is 19.0 Å². The zero-order valence-electron chi connectivity index (χ0n) is 19.4. The number of anilines is 2. The number of nitrogens with one attached hydrogen (secondary N) is 2. The smallest absolute Gasteiger partial charge is 0.349 e. The highest BCUT2D eigenvalue weighted by atomic mass is 16.5. The molecular formula is C22H32N6O6. The molecule has 0 aliphatic rings. The molecule has 0 aliphatic heterocycles. The number of nitrogens with zero attached hydrogens (tertiary/aromatic N) is 3. The predicted molar refractivity (Wildman–Crippen MR) is 127 cm³/mol. The van der Waals surface area contributed by atoms with E-state index < -0.39 is 30.2 Å². The number of aliphatic hydroxyl groups is 1. The summed E-state index contributed by atoms with van der Waals surface area (Å²) < 4.78 is 12.3. The predicted octanol–water partition coefficient (Wildman–Crippen LogP) is -0.651. The number of amides is 2. The van der Waals surface area contributed by atoms with Crippen LogP contribution in [-0.4, -0.2) is 91.1 Å². The van der Waals surface area contributed by atoms with Gasteiger partial charge in [0.15, 0.2) is 0 Å². The average molecular weight is 477 g/mol. The van der Waals surface area contributed by atoms with Gasteiger partial charge in [-0.1, -0.05) is 0 Å². The third kappa shape index (κ3) is 9.37. The zero-order chi connectivity index (χ0) is 24.9. The number of nitrogens with two attached hydrogens (primary N) is 1. The van der Waals surface area contributed by atoms with Gasteiger partial charge in [-0.25, -0.2) is 4.79 Å². The Kier molecular flexibility index (Phi) is 11.3. The fourth-order valence-corrected chi connectivity index (χ4v) is 2.61. The molecule has 2 amide bonds. The Bertz CT molecular complexity index is 979. The molecule has 0 saturated heterocycles. The summed E-state index contributed by atoms with van der Waals surface area (Å²) in [5.74, 6) is -0.886. The van der Waals surface area contributed by atoms with Crippen LogP contribution < -0.4 is 22.1 Å². The first-order valence-corrected chi connectivity index (χ1v) is 10.8. The maximum atomic E-state index is 12.4. The van der Waals surface area contributed by atoms with Gasteiger partial charge in [0, 0.05) is 24.0 Å². The molecular weight excluding hydrogens is 444 g/mol. The standard InChI is InChI=1S/C22H32N6O6/c1-27(2)9-11-33-13-14-34-12-10-28-8-7-19(26-22(28)32)25-20(30)16-3-5-17(6-4-16)24-21(31)18(23)15-29/h3-8,18,29H,9-15,23H2,1-2H3,(H,24,31)(H,25,26,30,32)/t18-/m0/s1. The van der Waals surface area contributed by atoms with Gasteiger partial charge in [0.2, 0.25) is 5.91 Å². The quantitative estimate of drug-likeness (QED) is 0.260. The molecule has 1 aromatic carbocycles. The monoisotopic (exact) mass is 476 g/mol. The fourth-order valence-electron chi connectivity index (χ4n) is 2.61. The van der Waals surface area contributed by atoms with Crippen molar-refractivity contribution in [2.75, 3.05) is 64.3 Å². The van der Waals surface area contributed by atoms with E-state index in [-0.39, 0.29) is 5.82 Å². The molecule has 0 spiro atoms. The van der Waals surface area contributed by atoms with E-state index in [9.17, 15) is 14.4 Å². The lowest BCUT2D eigenvalue weighted by atomic mass is 10.2. The van der Waals surface area contributed by atoms with Crippen LogP contribution in [0, 0.1) is 0 Å². The lowest BCUT2D eigenvalue weighted by Gasteiger charge is -2.11. The number of hydrogen-bond donors (Lipinski definition) is 4. The van der Waals surface area contributed by atoms with Crippen LogP contribution in [0.1, 0.15) is 10.4 Å². The van der Waals surface area contributed by atoms with Crippen LogP contribution in [0.4, 0.5) is 11.5 Å². The molecule has 186 valence electrons. The third-order valence-corrected chi connectivity index (χ3v) is 4.60. The molecule has 1 atom stereocenters. The summed E-state index contributed by atoms with van der Waals surface area (Å²) in [5, 5.41) is 14.0. The number of rotatable bonds is 14. The minimum absolute atomic E-state index is 0.118. The highest BCUT2D eigenvalue weighted by Crippen LogP contribution is 2.11. The Morgan fingerprint density at radius 2 is 1.76 bits per heavy atom. The van der Waals surface area contributed by atoms with E-state index in [1.165, 1.54) is 41.1 Å². The summed E-state index contributed by atoms with van der Waals surface area (Å²) in [4.78, 5) is 42.2. The van der Waals surface area contributed by atoms with E-state index in [1.54, 1.807) is 0 Å². The van der Waals surface area contributed by atoms with Crippen molar-refractivity contribution in [3.8, 4) is 0 Å². The summed E-state index contributed by atoms with van der Waals surface area (Å²) in [6.07, 6.45) is 1.53. The van der Waals surface area contributed by atoms with Crippen LogP contribution in [-0.2, 0) is 20.8 Å². The summed E-state index contributed by atoms with van der Waals surface area (Å²) in [6, 6.07) is 6.53. The molecule has 5 N–H and O–H groups in total. The van der Waals surface area contributed by atoms with Gasteiger partial charge in [-0.3, -0.25) is 14.2 Å². The van der Waals surface area contributed by atoms with Crippen LogP contribution in [0.2, 0.25) is 0 Å². The summed E-state index contributed by atoms with van der Waals surface area (Å²) in [6.45, 7) is 2.57. The van der Waals surface area contributed by atoms with Crippen LogP contribution in [0.25, 0.3) is 0 Å². The van der Waals surface area contributed by atoms with Crippen molar-refractivity contribution in [1.82, 2.24) is 14.5 Å². The van der Waals surface area contributed by atoms with Gasteiger partial charge in [-0.05, 0) is 44.4 Å². The maximum absolute atomic E-state index is 12.4. The lowest BCUT2D eigenvalue weighted by molar-refractivity contribution is -0.118. The molecule has 1 aromatic heterocycles. The number of hydrogen-bond acceptors (Lipinski definition) is 9. The van der Waals surface area contributed by atoms with Gasteiger partial charge in [0.1, 0.15) is 11.9 Å². The molecule has 0 aliphatic carbocycles. The number of carbonyl (C=O) groups excluding carboxylic acids is 2. The Morgan fingerprint density at radius 1 is 1.09 bits per heavy atom. The second kappa shape index (κ2) is 14.2. The minimum atomic E-state index is -1.03. The molecule has 0 saturated carbocycles. The topological polar surface area (TPSA) is 161 Å². The number of carbonyl (C=O) groups is 2. The molecule has 0 fully saturated rings. The zero-order valence-corrected chi connectivity index (χ0v) is 19.4. The van der Waals surface area contributed by atoms with Crippen LogP contribution in [0.15, 0.2) is 41.3 Å². The summed E-state index contributed by atoms with van der Waals surface area (Å²) >= 11 is 0. The van der Waals surface area contributed by atoms with Crippen molar-refractivity contribution in [1.29, 1.82) is 0 Å². The Morgan fingerprint density at radius 3 is 2.38 bits per heavy atom. The molecule has 12 heteroatoms. The van der Waals surface area contributed by atoms with E-state index in [0.29, 0.717) is 44.2 Å². The number of ether oxygens (including phenoxy) is 2. The normalized spacial score (nSPS) is 11.9. The highest BCUT2D eigenvalue weighted by Gasteiger charge is 2.13. The van der Waals surface area contributed by atoms with Gasteiger partial charge < -0.3 is 35.8 Å². The number of aromatic nitrogens is 2. The first-order valence-electron chi connectivity index (χ1n) is 10.8. The second-order valence-electron chi connectivity index (χ2n) is 7.63. The first kappa shape index (κ1) is 27.1. The molecule has 2 rings (SSSR count). The lowest BCUT2D eigenvalue weighted by Crippen LogP contribution is -2.38. The van der Waals surface area contributed by atoms with E-state index in [2.05, 4.69) is 15.6 Å². The second-order valence-corrected chi connectivity index (χ2v) is 7.63. The summed E-state index contributed by atoms with van der Waals surface area (Å²) in [7, 11) is 3.95. The van der Waals surface area contributed by atoms with E-state index >= 15 is 0 Å². The molecule has 1 heterocycles. The van der Waals surface area contributed by atoms with Crippen molar-refractivity contribution in [2.45, 2.75) is 12.6 Å². The summed E-state index contributed by atoms with van der Waals surface area (Å²) in [5.41, 5.74) is 5.66. The van der Waals surface area contributed by atoms with Crippen LogP contribution in [0.3, 0.4) is 0 Å². The molecule has 12 nitrogen and oxygen atoms in total. The van der Waals surface area contributed by atoms with Crippen molar-refractivity contribution in [2.24, 2.45) is 5.73 Å². The SMILES string of the molecule is CN(C)CCOCCOCCn1ccc(NC(=O)c2ccc(NC(=O)[C@@H](N)CO)cc2)nc1=O. The van der Waals surface area contributed by atoms with Gasteiger partial charge in [-0.15, -0.1) is 0 Å². The largest absolute Gasteiger partial charge is 0.394 e. The van der Waals surface area contributed by atoms with Crippen LogP contribution in [0.5, 0.6) is 0 Å². The van der Waals surface area contributed by atoms with Gasteiger partial charge >= 0.3 is 5.69 Å². The van der Waals surface area contributed by atoms with Gasteiger partial charge in [0.25, 0.3) is 5.91 Å². The maximum Gasteiger partial charge on any atom is 0.349 e. The Labute approximate surface area is 197 Å². The Balaban J connectivity index is 1.78.